The van der Waals surface area contributed by atoms with E-state index in [9.17, 15) is 13.2 Å². The molecule has 0 unspecified atom stereocenters. The van der Waals surface area contributed by atoms with Gasteiger partial charge in [-0.15, -0.1) is 0 Å². The number of nitrogens with one attached hydrogen (secondary N) is 1. The molecule has 1 fully saturated rings. The quantitative estimate of drug-likeness (QED) is 0.550. The van der Waals surface area contributed by atoms with Gasteiger partial charge < -0.3 is 14.6 Å². The van der Waals surface area contributed by atoms with Gasteiger partial charge in [0.2, 0.25) is 15.9 Å². The number of hydrogen-bond donors (Lipinski definition) is 1. The van der Waals surface area contributed by atoms with Crippen molar-refractivity contribution in [3.05, 3.63) is 54.2 Å². The number of carbonyl (C=O) groups is 1. The third kappa shape index (κ3) is 5.07. The van der Waals surface area contributed by atoms with Crippen LogP contribution < -0.4 is 10.1 Å². The third-order valence-electron chi connectivity index (χ3n) is 5.86. The maximum absolute atomic E-state index is 13.2. The molecule has 176 valence electrons. The van der Waals surface area contributed by atoms with Crippen LogP contribution in [0.5, 0.6) is 5.75 Å². The van der Waals surface area contributed by atoms with Crippen molar-refractivity contribution in [1.82, 2.24) is 8.87 Å². The first-order chi connectivity index (χ1) is 15.8. The van der Waals surface area contributed by atoms with E-state index >= 15 is 0 Å². The van der Waals surface area contributed by atoms with Gasteiger partial charge in [-0.3, -0.25) is 4.79 Å². The zero-order valence-corrected chi connectivity index (χ0v) is 20.2. The summed E-state index contributed by atoms with van der Waals surface area (Å²) in [5.41, 5.74) is 2.32. The normalized spacial score (nSPS) is 15.2. The van der Waals surface area contributed by atoms with Gasteiger partial charge in [0.25, 0.3) is 0 Å². The number of ether oxygens (including phenoxy) is 1. The Morgan fingerprint density at radius 1 is 1.06 bits per heavy atom. The summed E-state index contributed by atoms with van der Waals surface area (Å²) in [6.07, 6.45) is 2.64. The van der Waals surface area contributed by atoms with E-state index < -0.39 is 10.0 Å². The first kappa shape index (κ1) is 23.3. The second-order valence-corrected chi connectivity index (χ2v) is 10.7. The summed E-state index contributed by atoms with van der Waals surface area (Å²) in [5.74, 6) is 0.200. The molecule has 1 saturated heterocycles. The number of sulfonamides is 1. The largest absolute Gasteiger partial charge is 0.489 e. The van der Waals surface area contributed by atoms with E-state index in [1.165, 1.54) is 10.4 Å². The van der Waals surface area contributed by atoms with Crippen LogP contribution in [-0.2, 0) is 21.4 Å². The van der Waals surface area contributed by atoms with Gasteiger partial charge in [0.15, 0.2) is 0 Å². The number of amides is 1. The Hall–Kier alpha value is -2.84. The molecular weight excluding hydrogens is 438 g/mol. The number of aromatic nitrogens is 1. The smallest absolute Gasteiger partial charge is 0.244 e. The molecule has 3 aromatic rings. The van der Waals surface area contributed by atoms with Gasteiger partial charge in [0.1, 0.15) is 12.3 Å². The summed E-state index contributed by atoms with van der Waals surface area (Å²) in [6, 6.07) is 14.6. The van der Waals surface area contributed by atoms with E-state index in [-0.39, 0.29) is 23.5 Å². The van der Waals surface area contributed by atoms with Gasteiger partial charge in [-0.25, -0.2) is 8.42 Å². The summed E-state index contributed by atoms with van der Waals surface area (Å²) in [7, 11) is -3.63. The Bertz CT molecular complexity index is 1260. The fourth-order valence-electron chi connectivity index (χ4n) is 4.27. The second-order valence-electron chi connectivity index (χ2n) is 8.77. The number of aryl methyl sites for hydroxylation is 1. The summed E-state index contributed by atoms with van der Waals surface area (Å²) in [4.78, 5) is 13.2. The molecule has 1 aliphatic heterocycles. The van der Waals surface area contributed by atoms with Crippen molar-refractivity contribution in [1.29, 1.82) is 0 Å². The molecule has 2 heterocycles. The fourth-order valence-corrected chi connectivity index (χ4v) is 5.81. The molecule has 1 aromatic heterocycles. The predicted octanol–water partition coefficient (Wildman–Crippen LogP) is 4.55. The molecule has 33 heavy (non-hydrogen) atoms. The summed E-state index contributed by atoms with van der Waals surface area (Å²) in [5, 5.41) is 3.96. The molecule has 0 radical (unpaired) electrons. The van der Waals surface area contributed by atoms with E-state index in [1.807, 2.05) is 55.7 Å². The zero-order valence-electron chi connectivity index (χ0n) is 19.4. The monoisotopic (exact) mass is 469 g/mol. The topological polar surface area (TPSA) is 80.6 Å². The van der Waals surface area contributed by atoms with Gasteiger partial charge in [0.05, 0.1) is 16.7 Å². The van der Waals surface area contributed by atoms with Crippen LogP contribution in [0.25, 0.3) is 10.9 Å². The highest BCUT2D eigenvalue weighted by molar-refractivity contribution is 7.89. The van der Waals surface area contributed by atoms with E-state index in [1.54, 1.807) is 12.1 Å². The zero-order chi connectivity index (χ0) is 23.6. The van der Waals surface area contributed by atoms with Crippen LogP contribution in [0.1, 0.15) is 38.8 Å². The molecule has 8 heteroatoms. The number of fused-ring (bicyclic) bond motifs is 1. The molecule has 0 atom stereocenters. The molecule has 1 aliphatic rings. The minimum Gasteiger partial charge on any atom is -0.489 e. The Morgan fingerprint density at radius 3 is 2.52 bits per heavy atom. The molecule has 0 bridgehead atoms. The first-order valence-electron chi connectivity index (χ1n) is 11.4. The lowest BCUT2D eigenvalue weighted by Crippen LogP contribution is -2.35. The van der Waals surface area contributed by atoms with Crippen LogP contribution in [-0.4, -0.2) is 42.4 Å². The average molecular weight is 470 g/mol. The number of benzene rings is 2. The van der Waals surface area contributed by atoms with Crippen molar-refractivity contribution in [3.8, 4) is 5.75 Å². The van der Waals surface area contributed by atoms with Crippen molar-refractivity contribution < 1.29 is 17.9 Å². The molecule has 1 amide bonds. The van der Waals surface area contributed by atoms with E-state index in [0.29, 0.717) is 24.5 Å². The number of nitrogens with zero attached hydrogens (tertiary/aromatic N) is 2. The molecule has 2 aromatic carbocycles. The number of carbonyl (C=O) groups excluding carboxylic acids is 1. The number of hydrogen-bond acceptors (Lipinski definition) is 4. The van der Waals surface area contributed by atoms with Crippen molar-refractivity contribution in [2.75, 3.05) is 18.4 Å². The molecule has 0 spiro atoms. The summed E-state index contributed by atoms with van der Waals surface area (Å²) in [6.45, 7) is 6.90. The molecule has 0 aliphatic carbocycles. The van der Waals surface area contributed by atoms with Crippen molar-refractivity contribution in [2.24, 2.45) is 0 Å². The highest BCUT2D eigenvalue weighted by Gasteiger charge is 2.27. The number of rotatable bonds is 7. The summed E-state index contributed by atoms with van der Waals surface area (Å²) >= 11 is 0. The number of para-hydroxylation sites is 1. The molecular formula is C25H31N3O4S. The number of anilines is 1. The maximum Gasteiger partial charge on any atom is 0.244 e. The van der Waals surface area contributed by atoms with Crippen LogP contribution in [0.3, 0.4) is 0 Å². The lowest BCUT2D eigenvalue weighted by Gasteiger charge is -2.26. The fraction of sp³-hybridized carbons (Fsp3) is 0.400. The Labute approximate surface area is 195 Å². The molecule has 7 nitrogen and oxygen atoms in total. The highest BCUT2D eigenvalue weighted by Crippen LogP contribution is 2.31. The van der Waals surface area contributed by atoms with E-state index in [4.69, 9.17) is 4.74 Å². The second kappa shape index (κ2) is 9.57. The minimum absolute atomic E-state index is 0.115. The standard InChI is InChI=1S/C25H31N3O4S/c1-18(2)32-24-12-11-21(33(30,31)27-13-7-4-8-14-27)16-22(24)26-25(29)17-28-19(3)15-20-9-5-6-10-23(20)28/h5-6,9-12,15-16,18H,4,7-8,13-14,17H2,1-3H3,(H,26,29). The van der Waals surface area contributed by atoms with E-state index in [2.05, 4.69) is 5.32 Å². The Kier molecular flexibility index (Phi) is 6.76. The Balaban J connectivity index is 1.62. The van der Waals surface area contributed by atoms with E-state index in [0.717, 1.165) is 35.9 Å². The van der Waals surface area contributed by atoms with Gasteiger partial charge >= 0.3 is 0 Å². The predicted molar refractivity (Wildman–Crippen MR) is 130 cm³/mol. The van der Waals surface area contributed by atoms with Crippen LogP contribution >= 0.6 is 0 Å². The van der Waals surface area contributed by atoms with Crippen molar-refractivity contribution >= 4 is 32.5 Å². The lowest BCUT2D eigenvalue weighted by atomic mass is 10.2. The van der Waals surface area contributed by atoms with Crippen molar-refractivity contribution in [3.63, 3.8) is 0 Å². The molecule has 0 saturated carbocycles. The van der Waals surface area contributed by atoms with Gasteiger partial charge in [-0.2, -0.15) is 4.31 Å². The molecule has 4 rings (SSSR count). The van der Waals surface area contributed by atoms with Crippen LogP contribution in [0.2, 0.25) is 0 Å². The average Bonchev–Trinajstić information content (AvgIpc) is 3.10. The van der Waals surface area contributed by atoms with Crippen LogP contribution in [0.4, 0.5) is 5.69 Å². The maximum atomic E-state index is 13.2. The van der Waals surface area contributed by atoms with Crippen LogP contribution in [0.15, 0.2) is 53.4 Å². The molecule has 1 N–H and O–H groups in total. The Morgan fingerprint density at radius 2 is 1.79 bits per heavy atom. The summed E-state index contributed by atoms with van der Waals surface area (Å²) < 4.78 is 35.7. The van der Waals surface area contributed by atoms with Gasteiger partial charge in [0, 0.05) is 24.3 Å². The van der Waals surface area contributed by atoms with Gasteiger partial charge in [-0.1, -0.05) is 24.6 Å². The lowest BCUT2D eigenvalue weighted by molar-refractivity contribution is -0.116. The first-order valence-corrected chi connectivity index (χ1v) is 12.9. The van der Waals surface area contributed by atoms with Crippen molar-refractivity contribution in [2.45, 2.75) is 57.6 Å². The van der Waals surface area contributed by atoms with Gasteiger partial charge in [-0.05, 0) is 69.3 Å². The van der Waals surface area contributed by atoms with Crippen LogP contribution in [0, 0.1) is 6.92 Å². The third-order valence-corrected chi connectivity index (χ3v) is 7.75. The SMILES string of the molecule is Cc1cc2ccccc2n1CC(=O)Nc1cc(S(=O)(=O)N2CCCCC2)ccc1OC(C)C. The highest BCUT2D eigenvalue weighted by atomic mass is 32.2. The number of piperidine rings is 1. The minimum atomic E-state index is -3.63.